The molecule has 0 bridgehead atoms. The number of hydrogen-bond donors (Lipinski definition) is 2. The highest BCUT2D eigenvalue weighted by Crippen LogP contribution is 2.16. The second-order valence-electron chi connectivity index (χ2n) is 1.44. The molecule has 48 valence electrons. The molecule has 0 aromatic carbocycles. The Morgan fingerprint density at radius 2 is 2.33 bits per heavy atom. The fourth-order valence-corrected chi connectivity index (χ4v) is 0.463. The lowest BCUT2D eigenvalue weighted by Gasteiger charge is -1.84. The maximum atomic E-state index is 10.0. The van der Waals surface area contributed by atoms with Crippen molar-refractivity contribution in [2.75, 3.05) is 0 Å². The number of hydrogen-bond acceptors (Lipinski definition) is 3. The molecule has 4 heteroatoms. The molecule has 0 aliphatic carbocycles. The van der Waals surface area contributed by atoms with E-state index in [0.29, 0.717) is 0 Å². The second-order valence-corrected chi connectivity index (χ2v) is 1.44. The fraction of sp³-hybridized carbons (Fsp3) is 0. The lowest BCUT2D eigenvalue weighted by molar-refractivity contribution is 0.0658. The SMILES string of the molecule is O=C(O)c1occc1O. The number of carboxylic acid groups (broad SMARTS) is 1. The molecule has 0 saturated heterocycles. The van der Waals surface area contributed by atoms with Crippen molar-refractivity contribution in [1.82, 2.24) is 0 Å². The molecule has 0 aliphatic rings. The van der Waals surface area contributed by atoms with Gasteiger partial charge in [-0.3, -0.25) is 0 Å². The molecule has 9 heavy (non-hydrogen) atoms. The van der Waals surface area contributed by atoms with Gasteiger partial charge in [-0.2, -0.15) is 0 Å². The van der Waals surface area contributed by atoms with Crippen molar-refractivity contribution in [3.05, 3.63) is 18.1 Å². The highest BCUT2D eigenvalue weighted by molar-refractivity contribution is 5.87. The first-order chi connectivity index (χ1) is 4.22. The third-order valence-electron chi connectivity index (χ3n) is 0.839. The van der Waals surface area contributed by atoms with E-state index in [1.165, 1.54) is 6.07 Å². The summed E-state index contributed by atoms with van der Waals surface area (Å²) in [4.78, 5) is 10.0. The van der Waals surface area contributed by atoms with Gasteiger partial charge in [-0.25, -0.2) is 4.79 Å². The van der Waals surface area contributed by atoms with E-state index in [-0.39, 0.29) is 5.75 Å². The monoisotopic (exact) mass is 128 g/mol. The van der Waals surface area contributed by atoms with Crippen molar-refractivity contribution in [2.24, 2.45) is 0 Å². The minimum absolute atomic E-state index is 0.345. The molecule has 0 aliphatic heterocycles. The molecule has 0 unspecified atom stereocenters. The Labute approximate surface area is 50.3 Å². The van der Waals surface area contributed by atoms with Gasteiger partial charge in [0.05, 0.1) is 6.26 Å². The molecule has 1 rings (SSSR count). The molecule has 1 aromatic rings. The van der Waals surface area contributed by atoms with Crippen LogP contribution in [0.5, 0.6) is 5.75 Å². The summed E-state index contributed by atoms with van der Waals surface area (Å²) in [7, 11) is 0. The Balaban J connectivity index is 3.08. The third kappa shape index (κ3) is 0.861. The quantitative estimate of drug-likeness (QED) is 0.583. The van der Waals surface area contributed by atoms with Crippen molar-refractivity contribution in [3.63, 3.8) is 0 Å². The van der Waals surface area contributed by atoms with E-state index in [0.717, 1.165) is 6.26 Å². The lowest BCUT2D eigenvalue weighted by atomic mass is 10.4. The number of aromatic carboxylic acids is 1. The molecule has 4 nitrogen and oxygen atoms in total. The number of carbonyl (C=O) groups is 1. The summed E-state index contributed by atoms with van der Waals surface area (Å²) in [5, 5.41) is 16.8. The molecular formula is C5H4O4. The van der Waals surface area contributed by atoms with E-state index in [4.69, 9.17) is 10.2 Å². The summed E-state index contributed by atoms with van der Waals surface area (Å²) >= 11 is 0. The van der Waals surface area contributed by atoms with Gasteiger partial charge in [0.15, 0.2) is 5.75 Å². The topological polar surface area (TPSA) is 70.7 Å². The molecule has 1 aromatic heterocycles. The average molecular weight is 128 g/mol. The summed E-state index contributed by atoms with van der Waals surface area (Å²) in [6.45, 7) is 0. The van der Waals surface area contributed by atoms with Crippen molar-refractivity contribution >= 4 is 5.97 Å². The van der Waals surface area contributed by atoms with E-state index in [2.05, 4.69) is 4.42 Å². The predicted octanol–water partition coefficient (Wildman–Crippen LogP) is 0.683. The Morgan fingerprint density at radius 1 is 1.67 bits per heavy atom. The van der Waals surface area contributed by atoms with Gasteiger partial charge in [0.2, 0.25) is 0 Å². The van der Waals surface area contributed by atoms with Crippen LogP contribution in [0.25, 0.3) is 0 Å². The zero-order valence-corrected chi connectivity index (χ0v) is 4.37. The zero-order chi connectivity index (χ0) is 6.85. The first-order valence-corrected chi connectivity index (χ1v) is 2.21. The van der Waals surface area contributed by atoms with Gasteiger partial charge in [0.25, 0.3) is 5.76 Å². The van der Waals surface area contributed by atoms with Crippen LogP contribution in [0.1, 0.15) is 10.6 Å². The molecular weight excluding hydrogens is 124 g/mol. The normalized spacial score (nSPS) is 9.33. The first-order valence-electron chi connectivity index (χ1n) is 2.21. The van der Waals surface area contributed by atoms with Crippen LogP contribution in [-0.4, -0.2) is 16.2 Å². The highest BCUT2D eigenvalue weighted by atomic mass is 16.4. The van der Waals surface area contributed by atoms with E-state index in [9.17, 15) is 4.79 Å². The molecule has 0 atom stereocenters. The first kappa shape index (κ1) is 5.68. The minimum atomic E-state index is -1.27. The zero-order valence-electron chi connectivity index (χ0n) is 4.37. The molecule has 0 radical (unpaired) electrons. The summed E-state index contributed by atoms with van der Waals surface area (Å²) < 4.78 is 4.38. The van der Waals surface area contributed by atoms with Gasteiger partial charge in [-0.1, -0.05) is 0 Å². The third-order valence-corrected chi connectivity index (χ3v) is 0.839. The van der Waals surface area contributed by atoms with Crippen molar-refractivity contribution in [1.29, 1.82) is 0 Å². The van der Waals surface area contributed by atoms with Crippen LogP contribution >= 0.6 is 0 Å². The number of furan rings is 1. The Morgan fingerprint density at radius 3 is 2.56 bits per heavy atom. The molecule has 0 saturated carbocycles. The maximum Gasteiger partial charge on any atom is 0.375 e. The Bertz CT molecular complexity index is 225. The fourth-order valence-electron chi connectivity index (χ4n) is 0.463. The van der Waals surface area contributed by atoms with E-state index >= 15 is 0 Å². The minimum Gasteiger partial charge on any atom is -0.504 e. The summed E-state index contributed by atoms with van der Waals surface area (Å²) in [5.41, 5.74) is 0. The van der Waals surface area contributed by atoms with Crippen molar-refractivity contribution in [3.8, 4) is 5.75 Å². The molecule has 2 N–H and O–H groups in total. The van der Waals surface area contributed by atoms with Gasteiger partial charge in [0, 0.05) is 6.07 Å². The lowest BCUT2D eigenvalue weighted by Crippen LogP contribution is -1.92. The highest BCUT2D eigenvalue weighted by Gasteiger charge is 2.11. The van der Waals surface area contributed by atoms with Crippen LogP contribution in [0.4, 0.5) is 0 Å². The van der Waals surface area contributed by atoms with Gasteiger partial charge in [0.1, 0.15) is 0 Å². The largest absolute Gasteiger partial charge is 0.504 e. The molecule has 0 fully saturated rings. The average Bonchev–Trinajstić information content (AvgIpc) is 2.13. The van der Waals surface area contributed by atoms with Crippen LogP contribution in [0.3, 0.4) is 0 Å². The van der Waals surface area contributed by atoms with Crippen LogP contribution < -0.4 is 0 Å². The van der Waals surface area contributed by atoms with Gasteiger partial charge < -0.3 is 14.6 Å². The number of aromatic hydroxyl groups is 1. The number of carboxylic acids is 1. The summed E-state index contributed by atoms with van der Waals surface area (Å²) in [6.07, 6.45) is 1.11. The smallest absolute Gasteiger partial charge is 0.375 e. The van der Waals surface area contributed by atoms with Gasteiger partial charge >= 0.3 is 5.97 Å². The standard InChI is InChI=1S/C5H4O4/c6-3-1-2-9-4(3)5(7)8/h1-2,6H,(H,7,8). The Hall–Kier alpha value is -1.45. The Kier molecular flexibility index (Phi) is 1.14. The molecule has 0 spiro atoms. The summed E-state index contributed by atoms with van der Waals surface area (Å²) in [5.74, 6) is -2.03. The summed E-state index contributed by atoms with van der Waals surface area (Å²) in [6, 6.07) is 1.17. The van der Waals surface area contributed by atoms with Crippen molar-refractivity contribution in [2.45, 2.75) is 0 Å². The molecule has 1 heterocycles. The van der Waals surface area contributed by atoms with Gasteiger partial charge in [-0.05, 0) is 0 Å². The van der Waals surface area contributed by atoms with Crippen LogP contribution in [0, 0.1) is 0 Å². The van der Waals surface area contributed by atoms with Crippen LogP contribution in [0.15, 0.2) is 16.7 Å². The van der Waals surface area contributed by atoms with E-state index in [1.807, 2.05) is 0 Å². The molecule has 0 amide bonds. The van der Waals surface area contributed by atoms with Crippen molar-refractivity contribution < 1.29 is 19.4 Å². The van der Waals surface area contributed by atoms with E-state index < -0.39 is 11.7 Å². The predicted molar refractivity (Wildman–Crippen MR) is 27.3 cm³/mol. The van der Waals surface area contributed by atoms with E-state index in [1.54, 1.807) is 0 Å². The second kappa shape index (κ2) is 1.81. The number of rotatable bonds is 1. The van der Waals surface area contributed by atoms with Gasteiger partial charge in [-0.15, -0.1) is 0 Å². The van der Waals surface area contributed by atoms with Crippen LogP contribution in [0.2, 0.25) is 0 Å². The maximum absolute atomic E-state index is 10.0. The van der Waals surface area contributed by atoms with Crippen LogP contribution in [-0.2, 0) is 0 Å².